The Morgan fingerprint density at radius 3 is 2.25 bits per heavy atom. The Labute approximate surface area is 122 Å². The van der Waals surface area contributed by atoms with Gasteiger partial charge in [0.05, 0.1) is 4.90 Å². The van der Waals surface area contributed by atoms with E-state index in [2.05, 4.69) is 17.0 Å². The lowest BCUT2D eigenvalue weighted by molar-refractivity contribution is 0.285. The first-order chi connectivity index (χ1) is 9.51. The minimum absolute atomic E-state index is 0.165. The Kier molecular flexibility index (Phi) is 4.70. The standard InChI is InChI=1S/C15H24N2O2S/c1-3-15(10-4-5-11-15)12-17-20(18,19)14-8-6-13(16-2)7-9-14/h6-9,16-17H,3-5,10-12H2,1-2H3. The van der Waals surface area contributed by atoms with Crippen LogP contribution in [0.4, 0.5) is 5.69 Å². The molecule has 0 saturated heterocycles. The molecule has 4 nitrogen and oxygen atoms in total. The second-order valence-electron chi connectivity index (χ2n) is 5.66. The van der Waals surface area contributed by atoms with Crippen molar-refractivity contribution >= 4 is 15.7 Å². The van der Waals surface area contributed by atoms with Crippen LogP contribution in [0.15, 0.2) is 29.2 Å². The largest absolute Gasteiger partial charge is 0.388 e. The van der Waals surface area contributed by atoms with Gasteiger partial charge in [0.25, 0.3) is 0 Å². The number of hydrogen-bond acceptors (Lipinski definition) is 3. The first kappa shape index (κ1) is 15.3. The monoisotopic (exact) mass is 296 g/mol. The Morgan fingerprint density at radius 2 is 1.75 bits per heavy atom. The summed E-state index contributed by atoms with van der Waals surface area (Å²) in [7, 11) is -1.59. The molecule has 0 heterocycles. The minimum atomic E-state index is -3.40. The fourth-order valence-electron chi connectivity index (χ4n) is 2.91. The fraction of sp³-hybridized carbons (Fsp3) is 0.600. The highest BCUT2D eigenvalue weighted by atomic mass is 32.2. The van der Waals surface area contributed by atoms with Gasteiger partial charge < -0.3 is 5.32 Å². The summed E-state index contributed by atoms with van der Waals surface area (Å²) in [6.07, 6.45) is 5.72. The summed E-state index contributed by atoms with van der Waals surface area (Å²) in [5.74, 6) is 0. The molecule has 1 aromatic carbocycles. The molecule has 0 spiro atoms. The van der Waals surface area contributed by atoms with Crippen LogP contribution < -0.4 is 10.0 Å². The first-order valence-electron chi connectivity index (χ1n) is 7.29. The van der Waals surface area contributed by atoms with Gasteiger partial charge in [0.2, 0.25) is 10.0 Å². The molecule has 1 aliphatic carbocycles. The maximum absolute atomic E-state index is 12.3. The minimum Gasteiger partial charge on any atom is -0.388 e. The van der Waals surface area contributed by atoms with Gasteiger partial charge in [-0.1, -0.05) is 19.8 Å². The lowest BCUT2D eigenvalue weighted by atomic mass is 9.84. The Balaban J connectivity index is 2.06. The zero-order valence-corrected chi connectivity index (χ0v) is 13.1. The predicted octanol–water partition coefficient (Wildman–Crippen LogP) is 2.98. The average molecular weight is 296 g/mol. The molecule has 0 radical (unpaired) electrons. The zero-order chi connectivity index (χ0) is 14.6. The lowest BCUT2D eigenvalue weighted by Gasteiger charge is -2.27. The molecule has 0 unspecified atom stereocenters. The van der Waals surface area contributed by atoms with Crippen LogP contribution >= 0.6 is 0 Å². The van der Waals surface area contributed by atoms with Crippen molar-refractivity contribution in [3.63, 3.8) is 0 Å². The van der Waals surface area contributed by atoms with E-state index in [0.29, 0.717) is 11.4 Å². The van der Waals surface area contributed by atoms with Crippen LogP contribution in [0, 0.1) is 5.41 Å². The van der Waals surface area contributed by atoms with Crippen LogP contribution in [0.5, 0.6) is 0 Å². The van der Waals surface area contributed by atoms with Gasteiger partial charge in [0, 0.05) is 19.3 Å². The van der Waals surface area contributed by atoms with Crippen molar-refractivity contribution in [1.82, 2.24) is 4.72 Å². The van der Waals surface area contributed by atoms with E-state index < -0.39 is 10.0 Å². The highest BCUT2D eigenvalue weighted by Crippen LogP contribution is 2.40. The first-order valence-corrected chi connectivity index (χ1v) is 8.77. The van der Waals surface area contributed by atoms with Crippen molar-refractivity contribution in [2.75, 3.05) is 18.9 Å². The van der Waals surface area contributed by atoms with Gasteiger partial charge in [-0.25, -0.2) is 13.1 Å². The van der Waals surface area contributed by atoms with Gasteiger partial charge in [-0.15, -0.1) is 0 Å². The van der Waals surface area contributed by atoms with E-state index in [-0.39, 0.29) is 5.41 Å². The Bertz CT molecular complexity index is 531. The molecule has 0 amide bonds. The van der Waals surface area contributed by atoms with E-state index >= 15 is 0 Å². The summed E-state index contributed by atoms with van der Waals surface area (Å²) in [5.41, 5.74) is 1.07. The number of anilines is 1. The molecule has 1 saturated carbocycles. The van der Waals surface area contributed by atoms with E-state index in [1.54, 1.807) is 24.3 Å². The molecule has 20 heavy (non-hydrogen) atoms. The van der Waals surface area contributed by atoms with Crippen LogP contribution in [-0.2, 0) is 10.0 Å². The molecule has 1 aliphatic rings. The van der Waals surface area contributed by atoms with E-state index in [4.69, 9.17) is 0 Å². The third-order valence-electron chi connectivity index (χ3n) is 4.50. The van der Waals surface area contributed by atoms with Crippen LogP contribution in [0.1, 0.15) is 39.0 Å². The van der Waals surface area contributed by atoms with Gasteiger partial charge >= 0.3 is 0 Å². The lowest BCUT2D eigenvalue weighted by Crippen LogP contribution is -2.35. The molecule has 112 valence electrons. The summed E-state index contributed by atoms with van der Waals surface area (Å²) < 4.78 is 27.4. The predicted molar refractivity (Wildman–Crippen MR) is 82.4 cm³/mol. The third kappa shape index (κ3) is 3.33. The Hall–Kier alpha value is -1.07. The summed E-state index contributed by atoms with van der Waals surface area (Å²) in [6.45, 7) is 2.71. The van der Waals surface area contributed by atoms with Crippen LogP contribution in [0.3, 0.4) is 0 Å². The van der Waals surface area contributed by atoms with Crippen molar-refractivity contribution in [2.24, 2.45) is 5.41 Å². The highest BCUT2D eigenvalue weighted by molar-refractivity contribution is 7.89. The fourth-order valence-corrected chi connectivity index (χ4v) is 4.07. The number of hydrogen-bond donors (Lipinski definition) is 2. The maximum Gasteiger partial charge on any atom is 0.240 e. The van der Waals surface area contributed by atoms with Gasteiger partial charge in [-0.2, -0.15) is 0 Å². The summed E-state index contributed by atoms with van der Waals surface area (Å²) in [6, 6.07) is 6.84. The molecule has 1 fully saturated rings. The molecule has 0 atom stereocenters. The maximum atomic E-state index is 12.3. The molecule has 2 rings (SSSR count). The number of sulfonamides is 1. The molecule has 5 heteroatoms. The SMILES string of the molecule is CCC1(CNS(=O)(=O)c2ccc(NC)cc2)CCCC1. The highest BCUT2D eigenvalue weighted by Gasteiger charge is 2.33. The quantitative estimate of drug-likeness (QED) is 0.848. The van der Waals surface area contributed by atoms with Crippen molar-refractivity contribution in [1.29, 1.82) is 0 Å². The van der Waals surface area contributed by atoms with E-state index in [1.807, 2.05) is 7.05 Å². The van der Waals surface area contributed by atoms with Crippen LogP contribution in [0.2, 0.25) is 0 Å². The van der Waals surface area contributed by atoms with E-state index in [9.17, 15) is 8.42 Å². The zero-order valence-electron chi connectivity index (χ0n) is 12.3. The van der Waals surface area contributed by atoms with Crippen molar-refractivity contribution in [3.05, 3.63) is 24.3 Å². The molecule has 0 aliphatic heterocycles. The smallest absolute Gasteiger partial charge is 0.240 e. The normalized spacial score (nSPS) is 18.1. The molecule has 0 bridgehead atoms. The van der Waals surface area contributed by atoms with Crippen molar-refractivity contribution in [3.8, 4) is 0 Å². The Morgan fingerprint density at radius 1 is 1.15 bits per heavy atom. The summed E-state index contributed by atoms with van der Waals surface area (Å²) in [4.78, 5) is 0.334. The van der Waals surface area contributed by atoms with Gasteiger partial charge in [-0.05, 0) is 48.9 Å². The molecular formula is C15H24N2O2S. The van der Waals surface area contributed by atoms with Crippen LogP contribution in [-0.4, -0.2) is 22.0 Å². The van der Waals surface area contributed by atoms with Crippen molar-refractivity contribution in [2.45, 2.75) is 43.9 Å². The summed E-state index contributed by atoms with van der Waals surface area (Å²) >= 11 is 0. The van der Waals surface area contributed by atoms with Crippen LogP contribution in [0.25, 0.3) is 0 Å². The second kappa shape index (κ2) is 6.14. The third-order valence-corrected chi connectivity index (χ3v) is 5.92. The van der Waals surface area contributed by atoms with Gasteiger partial charge in [0.15, 0.2) is 0 Å². The van der Waals surface area contributed by atoms with E-state index in [1.165, 1.54) is 12.8 Å². The van der Waals surface area contributed by atoms with E-state index in [0.717, 1.165) is 24.9 Å². The average Bonchev–Trinajstić information content (AvgIpc) is 2.95. The number of rotatable bonds is 6. The van der Waals surface area contributed by atoms with Gasteiger partial charge in [-0.3, -0.25) is 0 Å². The van der Waals surface area contributed by atoms with Crippen molar-refractivity contribution < 1.29 is 8.42 Å². The molecule has 2 N–H and O–H groups in total. The summed E-state index contributed by atoms with van der Waals surface area (Å²) in [5, 5.41) is 2.98. The molecular weight excluding hydrogens is 272 g/mol. The number of benzene rings is 1. The van der Waals surface area contributed by atoms with Gasteiger partial charge in [0.1, 0.15) is 0 Å². The molecule has 1 aromatic rings. The molecule has 0 aromatic heterocycles. The number of nitrogens with one attached hydrogen (secondary N) is 2. The second-order valence-corrected chi connectivity index (χ2v) is 7.43. The topological polar surface area (TPSA) is 58.2 Å².